The van der Waals surface area contributed by atoms with Crippen LogP contribution in [0.1, 0.15) is 99.4 Å². The molecule has 0 aromatic heterocycles. The summed E-state index contributed by atoms with van der Waals surface area (Å²) in [5.41, 5.74) is 1.00. The fourth-order valence-corrected chi connectivity index (χ4v) is 6.17. The van der Waals surface area contributed by atoms with Crippen molar-refractivity contribution >= 4 is 17.6 Å². The second-order valence-corrected chi connectivity index (χ2v) is 10.6. The molecule has 4 atom stereocenters. The highest BCUT2D eigenvalue weighted by atomic mass is 35.5. The third-order valence-electron chi connectivity index (χ3n) is 7.89. The summed E-state index contributed by atoms with van der Waals surface area (Å²) < 4.78 is 20.4. The van der Waals surface area contributed by atoms with Gasteiger partial charge in [-0.25, -0.2) is 9.18 Å². The minimum atomic E-state index is -0.552. The Bertz CT molecular complexity index is 926. The lowest BCUT2D eigenvalue weighted by Gasteiger charge is -2.42. The van der Waals surface area contributed by atoms with E-state index < -0.39 is 5.97 Å². The van der Waals surface area contributed by atoms with Crippen LogP contribution in [0.3, 0.4) is 0 Å². The number of halogens is 2. The van der Waals surface area contributed by atoms with Gasteiger partial charge in [-0.15, -0.1) is 0 Å². The van der Waals surface area contributed by atoms with Gasteiger partial charge in [0, 0.05) is 5.02 Å². The molecule has 0 amide bonds. The predicted octanol–water partition coefficient (Wildman–Crippen LogP) is 8.97. The maximum Gasteiger partial charge on any atom is 0.343 e. The van der Waals surface area contributed by atoms with Crippen molar-refractivity contribution in [3.05, 3.63) is 64.4 Å². The van der Waals surface area contributed by atoms with E-state index in [9.17, 15) is 4.79 Å². The number of fused-ring (bicyclic) bond motifs is 1. The zero-order valence-corrected chi connectivity index (χ0v) is 20.5. The molecular weight excluding hydrogens is 435 g/mol. The molecule has 2 saturated carbocycles. The quantitative estimate of drug-likeness (QED) is 0.218. The highest BCUT2D eigenvalue weighted by molar-refractivity contribution is 6.30. The number of hydrogen-bond donors (Lipinski definition) is 0. The van der Waals surface area contributed by atoms with Crippen LogP contribution in [0, 0.1) is 23.6 Å². The first-order chi connectivity index (χ1) is 16.0. The molecule has 4 rings (SSSR count). The molecule has 0 radical (unpaired) electrons. The van der Waals surface area contributed by atoms with Gasteiger partial charge in [-0.2, -0.15) is 0 Å². The van der Waals surface area contributed by atoms with E-state index in [2.05, 4.69) is 6.92 Å². The average Bonchev–Trinajstić information content (AvgIpc) is 2.83. The summed E-state index contributed by atoms with van der Waals surface area (Å²) in [6.45, 7) is 2.27. The standard InChI is InChI=1S/C29H36ClFO2/c1-2-3-4-5-6-20-7-8-22-18-23(10-9-21(22)17-20)27-16-11-24(19-28(27)31)29(32)33-26-14-12-25(30)13-15-26/h11-16,19-23H,2-10,17-18H2,1H3. The number of unbranched alkanes of at least 4 members (excludes halogenated alkanes) is 3. The molecule has 178 valence electrons. The molecule has 4 unspecified atom stereocenters. The number of carbonyl (C=O) groups excluding carboxylic acids is 1. The van der Waals surface area contributed by atoms with E-state index in [1.807, 2.05) is 0 Å². The molecule has 2 fully saturated rings. The van der Waals surface area contributed by atoms with Crippen LogP contribution in [0.5, 0.6) is 5.75 Å². The molecule has 2 aromatic rings. The van der Waals surface area contributed by atoms with Gasteiger partial charge >= 0.3 is 5.97 Å². The van der Waals surface area contributed by atoms with E-state index in [1.165, 1.54) is 63.9 Å². The van der Waals surface area contributed by atoms with Crippen LogP contribution in [0.4, 0.5) is 4.39 Å². The normalized spacial score (nSPS) is 24.8. The molecule has 2 aliphatic rings. The topological polar surface area (TPSA) is 26.3 Å². The van der Waals surface area contributed by atoms with Gasteiger partial charge in [-0.1, -0.05) is 63.1 Å². The first-order valence-corrected chi connectivity index (χ1v) is 13.2. The van der Waals surface area contributed by atoms with E-state index in [-0.39, 0.29) is 17.3 Å². The summed E-state index contributed by atoms with van der Waals surface area (Å²) in [4.78, 5) is 12.4. The Hall–Kier alpha value is -1.87. The van der Waals surface area contributed by atoms with Gasteiger partial charge in [0.15, 0.2) is 0 Å². The zero-order chi connectivity index (χ0) is 23.2. The molecular formula is C29H36ClFO2. The molecule has 0 spiro atoms. The van der Waals surface area contributed by atoms with E-state index >= 15 is 4.39 Å². The van der Waals surface area contributed by atoms with Crippen LogP contribution in [-0.4, -0.2) is 5.97 Å². The van der Waals surface area contributed by atoms with Crippen LogP contribution < -0.4 is 4.74 Å². The largest absolute Gasteiger partial charge is 0.423 e. The summed E-state index contributed by atoms with van der Waals surface area (Å²) in [6, 6.07) is 11.4. The zero-order valence-electron chi connectivity index (χ0n) is 19.7. The SMILES string of the molecule is CCCCCCC1CCC2CC(c3ccc(C(=O)Oc4ccc(Cl)cc4)cc3F)CCC2C1. The summed E-state index contributed by atoms with van der Waals surface area (Å²) in [5, 5.41) is 0.570. The third-order valence-corrected chi connectivity index (χ3v) is 8.14. The van der Waals surface area contributed by atoms with Crippen molar-refractivity contribution < 1.29 is 13.9 Å². The lowest BCUT2D eigenvalue weighted by atomic mass is 9.63. The van der Waals surface area contributed by atoms with Crippen molar-refractivity contribution in [1.82, 2.24) is 0 Å². The van der Waals surface area contributed by atoms with E-state index in [4.69, 9.17) is 16.3 Å². The number of esters is 1. The first kappa shape index (κ1) is 24.3. The Labute approximate surface area is 202 Å². The molecule has 0 saturated heterocycles. The molecule has 4 heteroatoms. The van der Waals surface area contributed by atoms with Crippen molar-refractivity contribution in [2.45, 2.75) is 83.5 Å². The average molecular weight is 471 g/mol. The Morgan fingerprint density at radius 1 is 0.970 bits per heavy atom. The summed E-state index contributed by atoms with van der Waals surface area (Å²) >= 11 is 5.87. The number of rotatable bonds is 8. The number of ether oxygens (including phenoxy) is 1. The smallest absolute Gasteiger partial charge is 0.343 e. The van der Waals surface area contributed by atoms with Gasteiger partial charge in [0.1, 0.15) is 11.6 Å². The highest BCUT2D eigenvalue weighted by Crippen LogP contribution is 2.48. The number of hydrogen-bond acceptors (Lipinski definition) is 2. The minimum absolute atomic E-state index is 0.239. The van der Waals surface area contributed by atoms with Crippen molar-refractivity contribution in [1.29, 1.82) is 0 Å². The van der Waals surface area contributed by atoms with Crippen LogP contribution in [-0.2, 0) is 0 Å². The molecule has 0 bridgehead atoms. The van der Waals surface area contributed by atoms with Crippen molar-refractivity contribution in [3.8, 4) is 5.75 Å². The Morgan fingerprint density at radius 2 is 1.73 bits per heavy atom. The Balaban J connectivity index is 1.32. The van der Waals surface area contributed by atoms with E-state index in [1.54, 1.807) is 36.4 Å². The van der Waals surface area contributed by atoms with Crippen molar-refractivity contribution in [3.63, 3.8) is 0 Å². The second kappa shape index (κ2) is 11.5. The molecule has 2 nitrogen and oxygen atoms in total. The Kier molecular flexibility index (Phi) is 8.46. The molecule has 0 N–H and O–H groups in total. The van der Waals surface area contributed by atoms with Crippen molar-refractivity contribution in [2.24, 2.45) is 17.8 Å². The van der Waals surface area contributed by atoms with Gasteiger partial charge in [0.2, 0.25) is 0 Å². The lowest BCUT2D eigenvalue weighted by molar-refractivity contribution is 0.0734. The predicted molar refractivity (Wildman–Crippen MR) is 132 cm³/mol. The molecule has 0 heterocycles. The monoisotopic (exact) mass is 470 g/mol. The minimum Gasteiger partial charge on any atom is -0.423 e. The third kappa shape index (κ3) is 6.38. The van der Waals surface area contributed by atoms with Crippen LogP contribution in [0.2, 0.25) is 5.02 Å². The Morgan fingerprint density at radius 3 is 2.48 bits per heavy atom. The first-order valence-electron chi connectivity index (χ1n) is 12.8. The number of benzene rings is 2. The van der Waals surface area contributed by atoms with Gasteiger partial charge in [0.05, 0.1) is 5.56 Å². The van der Waals surface area contributed by atoms with E-state index in [0.29, 0.717) is 10.8 Å². The van der Waals surface area contributed by atoms with Crippen LogP contribution >= 0.6 is 11.6 Å². The molecule has 33 heavy (non-hydrogen) atoms. The fourth-order valence-electron chi connectivity index (χ4n) is 6.04. The van der Waals surface area contributed by atoms with E-state index in [0.717, 1.165) is 36.2 Å². The van der Waals surface area contributed by atoms with Crippen molar-refractivity contribution in [2.75, 3.05) is 0 Å². The molecule has 2 aromatic carbocycles. The van der Waals surface area contributed by atoms with Crippen LogP contribution in [0.15, 0.2) is 42.5 Å². The maximum atomic E-state index is 15.0. The van der Waals surface area contributed by atoms with Gasteiger partial charge in [-0.3, -0.25) is 0 Å². The fraction of sp³-hybridized carbons (Fsp3) is 0.552. The van der Waals surface area contributed by atoms with Gasteiger partial charge < -0.3 is 4.74 Å². The van der Waals surface area contributed by atoms with Crippen LogP contribution in [0.25, 0.3) is 0 Å². The second-order valence-electron chi connectivity index (χ2n) is 10.1. The summed E-state index contributed by atoms with van der Waals surface area (Å²) in [6.07, 6.45) is 14.2. The van der Waals surface area contributed by atoms with Gasteiger partial charge in [-0.05, 0) is 97.7 Å². The maximum absolute atomic E-state index is 15.0. The highest BCUT2D eigenvalue weighted by Gasteiger charge is 2.36. The molecule has 2 aliphatic carbocycles. The van der Waals surface area contributed by atoms with Gasteiger partial charge in [0.25, 0.3) is 0 Å². The summed E-state index contributed by atoms with van der Waals surface area (Å²) in [7, 11) is 0. The lowest BCUT2D eigenvalue weighted by Crippen LogP contribution is -2.30. The molecule has 0 aliphatic heterocycles. The number of carbonyl (C=O) groups is 1. The summed E-state index contributed by atoms with van der Waals surface area (Å²) in [5.74, 6) is 2.27.